The van der Waals surface area contributed by atoms with Crippen molar-refractivity contribution in [1.82, 2.24) is 0 Å². The Morgan fingerprint density at radius 1 is 0.579 bits per heavy atom. The average molecular weight is 338 g/mol. The minimum absolute atomic E-state index is 0. The predicted molar refractivity (Wildman–Crippen MR) is 81.5 cm³/mol. The first kappa shape index (κ1) is 25.6. The van der Waals surface area contributed by atoms with Gasteiger partial charge in [-0.25, -0.2) is 0 Å². The van der Waals surface area contributed by atoms with Crippen LogP contribution in [-0.4, -0.2) is 60.4 Å². The zero-order valence-electron chi connectivity index (χ0n) is 13.5. The van der Waals surface area contributed by atoms with Crippen LogP contribution < -0.4 is 9.79 Å². The normalized spacial score (nSPS) is 12.5. The van der Waals surface area contributed by atoms with Gasteiger partial charge < -0.3 is 18.9 Å². The molecule has 0 aromatic heterocycles. The first-order chi connectivity index (χ1) is 7.77. The van der Waals surface area contributed by atoms with Crippen molar-refractivity contribution in [2.24, 2.45) is 0 Å². The molecule has 0 radical (unpaired) electrons. The van der Waals surface area contributed by atoms with Crippen LogP contribution in [0.3, 0.4) is 0 Å². The third-order valence-electron chi connectivity index (χ3n) is 2.88. The summed E-state index contributed by atoms with van der Waals surface area (Å²) < 4.78 is 22.1. The van der Waals surface area contributed by atoms with Crippen molar-refractivity contribution < 1.29 is 18.9 Å². The third kappa shape index (κ3) is 9.30. The monoisotopic (exact) mass is 338 g/mol. The van der Waals surface area contributed by atoms with Crippen molar-refractivity contribution in [3.63, 3.8) is 0 Å². The van der Waals surface area contributed by atoms with Crippen LogP contribution in [0.15, 0.2) is 0 Å². The van der Waals surface area contributed by atoms with Crippen molar-refractivity contribution in [2.45, 2.75) is 78.0 Å². The van der Waals surface area contributed by atoms with Gasteiger partial charge in [-0.3, -0.25) is 0 Å². The topological polar surface area (TPSA) is 80.3 Å². The average Bonchev–Trinajstić information content (AvgIpc) is 2.17. The molecule has 19 heavy (non-hydrogen) atoms. The van der Waals surface area contributed by atoms with E-state index in [1.54, 1.807) is 55.4 Å². The Labute approximate surface area is 148 Å². The molecule has 0 spiro atoms. The Bertz CT molecular complexity index is 272. The van der Waals surface area contributed by atoms with Crippen molar-refractivity contribution in [2.75, 3.05) is 0 Å². The Morgan fingerprint density at radius 3 is 0.684 bits per heavy atom. The van der Waals surface area contributed by atoms with E-state index in [0.29, 0.717) is 0 Å². The van der Waals surface area contributed by atoms with Crippen molar-refractivity contribution >= 4 is 52.5 Å². The zero-order chi connectivity index (χ0) is 15.3. The molecule has 0 saturated carbocycles. The summed E-state index contributed by atoms with van der Waals surface area (Å²) in [7, 11) is -6.17. The molecule has 0 rings (SSSR count). The van der Waals surface area contributed by atoms with Gasteiger partial charge >= 0.3 is 37.7 Å². The van der Waals surface area contributed by atoms with Gasteiger partial charge in [0.1, 0.15) is 0 Å². The quantitative estimate of drug-likeness (QED) is 0.583. The molecule has 4 nitrogen and oxygen atoms in total. The molecule has 0 saturated heterocycles. The van der Waals surface area contributed by atoms with Crippen LogP contribution in [-0.2, 0) is 9.13 Å². The Morgan fingerprint density at radius 2 is 0.684 bits per heavy atom. The Kier molecular flexibility index (Phi) is 14.0. The standard InChI is InChI=1S/2C6H15O2P.Ca/c2*1-5(2)9(7,8)6(3)4;/h2*5-6H,1-4H3,(H,7,8);/q;;+2/p-2. The van der Waals surface area contributed by atoms with Gasteiger partial charge in [-0.15, -0.1) is 0 Å². The van der Waals surface area contributed by atoms with E-state index in [0.717, 1.165) is 0 Å². The summed E-state index contributed by atoms with van der Waals surface area (Å²) in [5.41, 5.74) is -0.843. The summed E-state index contributed by atoms with van der Waals surface area (Å²) in [6.07, 6.45) is 0. The third-order valence-corrected chi connectivity index (χ3v) is 8.64. The fraction of sp³-hybridized carbons (Fsp3) is 1.00. The van der Waals surface area contributed by atoms with E-state index in [2.05, 4.69) is 0 Å². The van der Waals surface area contributed by atoms with Gasteiger partial charge in [0, 0.05) is 14.7 Å². The molecule has 0 bridgehead atoms. The largest absolute Gasteiger partial charge is 2.00 e. The van der Waals surface area contributed by atoms with Crippen LogP contribution in [0, 0.1) is 0 Å². The van der Waals surface area contributed by atoms with Crippen LogP contribution >= 0.6 is 14.7 Å². The second kappa shape index (κ2) is 10.4. The summed E-state index contributed by atoms with van der Waals surface area (Å²) in [5.74, 6) is 0. The molecule has 112 valence electrons. The minimum atomic E-state index is -3.09. The van der Waals surface area contributed by atoms with E-state index < -0.39 is 14.7 Å². The molecule has 0 aliphatic carbocycles. The molecule has 0 aliphatic rings. The maximum Gasteiger partial charge on any atom is 2.00 e. The predicted octanol–water partition coefficient (Wildman–Crippen LogP) is 2.50. The summed E-state index contributed by atoms with van der Waals surface area (Å²) >= 11 is 0. The summed E-state index contributed by atoms with van der Waals surface area (Å²) in [4.78, 5) is 22.1. The molecule has 7 heteroatoms. The van der Waals surface area contributed by atoms with Gasteiger partial charge in [-0.2, -0.15) is 0 Å². The summed E-state index contributed by atoms with van der Waals surface area (Å²) in [5, 5.41) is 0. The zero-order valence-corrected chi connectivity index (χ0v) is 17.5. The van der Waals surface area contributed by atoms with Crippen LogP contribution in [0.5, 0.6) is 0 Å². The second-order valence-electron chi connectivity index (χ2n) is 5.67. The van der Waals surface area contributed by atoms with E-state index in [9.17, 15) is 18.9 Å². The van der Waals surface area contributed by atoms with Crippen LogP contribution in [0.1, 0.15) is 55.4 Å². The van der Waals surface area contributed by atoms with Crippen LogP contribution in [0.4, 0.5) is 0 Å². The van der Waals surface area contributed by atoms with Crippen molar-refractivity contribution in [1.29, 1.82) is 0 Å². The minimum Gasteiger partial charge on any atom is -0.799 e. The molecule has 0 heterocycles. The second-order valence-corrected chi connectivity index (χ2v) is 12.4. The molecule has 0 atom stereocenters. The SMILES string of the molecule is CC(C)P(=O)([O-])C(C)C.CC(C)P(=O)([O-])C(C)C.[Ca+2]. The van der Waals surface area contributed by atoms with Crippen molar-refractivity contribution in [3.8, 4) is 0 Å². The van der Waals surface area contributed by atoms with Gasteiger partial charge in [0.2, 0.25) is 0 Å². The number of hydrogen-bond donors (Lipinski definition) is 0. The molecular formula is C12H28CaO4P2. The van der Waals surface area contributed by atoms with E-state index >= 15 is 0 Å². The maximum absolute atomic E-state index is 11.1. The maximum atomic E-state index is 11.1. The fourth-order valence-corrected chi connectivity index (χ4v) is 3.58. The van der Waals surface area contributed by atoms with Gasteiger partial charge in [-0.1, -0.05) is 55.4 Å². The summed E-state index contributed by atoms with van der Waals surface area (Å²) in [6.45, 7) is 13.7. The molecule has 0 aromatic rings. The fourth-order valence-electron chi connectivity index (χ4n) is 1.19. The van der Waals surface area contributed by atoms with Gasteiger partial charge in [-0.05, 0) is 22.6 Å². The molecule has 0 fully saturated rings. The molecular weight excluding hydrogens is 310 g/mol. The van der Waals surface area contributed by atoms with Crippen LogP contribution in [0.25, 0.3) is 0 Å². The van der Waals surface area contributed by atoms with E-state index in [1.165, 1.54) is 0 Å². The first-order valence-corrected chi connectivity index (χ1v) is 9.91. The first-order valence-electron chi connectivity index (χ1n) is 6.38. The van der Waals surface area contributed by atoms with Gasteiger partial charge in [0.25, 0.3) is 0 Å². The number of rotatable bonds is 4. The molecule has 0 N–H and O–H groups in total. The summed E-state index contributed by atoms with van der Waals surface area (Å²) in [6, 6.07) is 0. The molecule has 0 unspecified atom stereocenters. The smallest absolute Gasteiger partial charge is 0.799 e. The van der Waals surface area contributed by atoms with Gasteiger partial charge in [0.15, 0.2) is 0 Å². The molecule has 0 aromatic carbocycles. The van der Waals surface area contributed by atoms with E-state index in [4.69, 9.17) is 0 Å². The molecule has 0 amide bonds. The van der Waals surface area contributed by atoms with Crippen LogP contribution in [0.2, 0.25) is 0 Å². The van der Waals surface area contributed by atoms with E-state index in [-0.39, 0.29) is 60.4 Å². The molecule has 0 aliphatic heterocycles. The Balaban J connectivity index is -0.000000256. The van der Waals surface area contributed by atoms with Crippen molar-refractivity contribution in [3.05, 3.63) is 0 Å². The number of hydrogen-bond acceptors (Lipinski definition) is 4. The Hall–Kier alpha value is 1.64. The van der Waals surface area contributed by atoms with Gasteiger partial charge in [0.05, 0.1) is 0 Å². The van der Waals surface area contributed by atoms with E-state index in [1.807, 2.05) is 0 Å².